The lowest BCUT2D eigenvalue weighted by atomic mass is 10.0. The second-order valence-corrected chi connectivity index (χ2v) is 9.10. The van der Waals surface area contributed by atoms with Crippen LogP contribution >= 0.6 is 0 Å². The maximum atomic E-state index is 12.5. The van der Waals surface area contributed by atoms with E-state index in [1.165, 1.54) is 28.6 Å². The van der Waals surface area contributed by atoms with Crippen LogP contribution in [0, 0.1) is 5.92 Å². The van der Waals surface area contributed by atoms with Gasteiger partial charge < -0.3 is 4.79 Å². The van der Waals surface area contributed by atoms with Crippen molar-refractivity contribution in [2.75, 3.05) is 19.3 Å². The number of nitrogens with zero attached hydrogens (tertiary/aromatic N) is 1. The first-order valence-corrected chi connectivity index (χ1v) is 9.84. The van der Waals surface area contributed by atoms with Crippen LogP contribution in [-0.4, -0.2) is 46.8 Å². The van der Waals surface area contributed by atoms with Crippen LogP contribution in [0.15, 0.2) is 34.1 Å². The zero-order chi connectivity index (χ0) is 15.7. The lowest BCUT2D eigenvalue weighted by Gasteiger charge is -2.29. The number of benzene rings is 1. The maximum absolute atomic E-state index is 12.5. The van der Waals surface area contributed by atoms with E-state index in [0.29, 0.717) is 19.4 Å². The Hall–Kier alpha value is -1.25. The summed E-state index contributed by atoms with van der Waals surface area (Å²) in [4.78, 5) is 11.0. The van der Waals surface area contributed by atoms with Crippen molar-refractivity contribution in [2.45, 2.75) is 22.6 Å². The van der Waals surface area contributed by atoms with Gasteiger partial charge in [-0.25, -0.2) is 16.8 Å². The Balaban J connectivity index is 2.29. The molecule has 1 aromatic carbocycles. The predicted octanol–water partition coefficient (Wildman–Crippen LogP) is 0.690. The van der Waals surface area contributed by atoms with Crippen molar-refractivity contribution in [2.24, 2.45) is 5.92 Å². The summed E-state index contributed by atoms with van der Waals surface area (Å²) in [6.07, 6.45) is 3.19. The normalized spacial score (nSPS) is 21.1. The van der Waals surface area contributed by atoms with Crippen LogP contribution in [0.4, 0.5) is 0 Å². The quantitative estimate of drug-likeness (QED) is 0.757. The highest BCUT2D eigenvalue weighted by atomic mass is 32.2. The van der Waals surface area contributed by atoms with E-state index in [1.807, 2.05) is 0 Å². The van der Waals surface area contributed by atoms with Gasteiger partial charge in [-0.3, -0.25) is 0 Å². The fourth-order valence-corrected chi connectivity index (χ4v) is 4.48. The van der Waals surface area contributed by atoms with Crippen LogP contribution in [-0.2, 0) is 24.7 Å². The van der Waals surface area contributed by atoms with E-state index < -0.39 is 19.9 Å². The van der Waals surface area contributed by atoms with E-state index in [-0.39, 0.29) is 22.3 Å². The van der Waals surface area contributed by atoms with Crippen molar-refractivity contribution in [3.8, 4) is 0 Å². The van der Waals surface area contributed by atoms with Crippen molar-refractivity contribution >= 4 is 26.1 Å². The SMILES string of the molecule is CS(=O)(=O)c1ccc(S(=O)(=O)N2CCCC(C=O)C2)cc1. The molecule has 21 heavy (non-hydrogen) atoms. The van der Waals surface area contributed by atoms with Gasteiger partial charge in [0.1, 0.15) is 6.29 Å². The summed E-state index contributed by atoms with van der Waals surface area (Å²) in [5.74, 6) is -0.274. The molecule has 0 bridgehead atoms. The Morgan fingerprint density at radius 3 is 2.19 bits per heavy atom. The highest BCUT2D eigenvalue weighted by Crippen LogP contribution is 2.23. The monoisotopic (exact) mass is 331 g/mol. The smallest absolute Gasteiger partial charge is 0.243 e. The van der Waals surface area contributed by atoms with Crippen LogP contribution in [0.1, 0.15) is 12.8 Å². The summed E-state index contributed by atoms with van der Waals surface area (Å²) in [6.45, 7) is 0.556. The molecule has 1 aromatic rings. The molecule has 2 rings (SSSR count). The zero-order valence-corrected chi connectivity index (χ0v) is 13.2. The lowest BCUT2D eigenvalue weighted by molar-refractivity contribution is -0.112. The molecule has 1 aliphatic heterocycles. The van der Waals surface area contributed by atoms with Crippen LogP contribution in [0.25, 0.3) is 0 Å². The van der Waals surface area contributed by atoms with E-state index in [2.05, 4.69) is 0 Å². The number of carbonyl (C=O) groups is 1. The first kappa shape index (κ1) is 16.1. The van der Waals surface area contributed by atoms with Crippen molar-refractivity contribution in [3.05, 3.63) is 24.3 Å². The van der Waals surface area contributed by atoms with Gasteiger partial charge in [0, 0.05) is 25.3 Å². The molecule has 0 amide bonds. The summed E-state index contributed by atoms with van der Waals surface area (Å²) in [5, 5.41) is 0. The van der Waals surface area contributed by atoms with Gasteiger partial charge in [0.2, 0.25) is 10.0 Å². The topological polar surface area (TPSA) is 88.6 Å². The number of sulfone groups is 1. The Morgan fingerprint density at radius 2 is 1.67 bits per heavy atom. The lowest BCUT2D eigenvalue weighted by Crippen LogP contribution is -2.40. The third-order valence-corrected chi connectivity index (χ3v) is 6.51. The molecule has 0 spiro atoms. The molecular formula is C13H17NO5S2. The number of piperidine rings is 1. The fraction of sp³-hybridized carbons (Fsp3) is 0.462. The molecule has 1 heterocycles. The molecule has 0 N–H and O–H groups in total. The first-order valence-electron chi connectivity index (χ1n) is 6.51. The molecular weight excluding hydrogens is 314 g/mol. The van der Waals surface area contributed by atoms with Crippen molar-refractivity contribution in [1.29, 1.82) is 0 Å². The summed E-state index contributed by atoms with van der Waals surface area (Å²) in [6, 6.07) is 5.14. The predicted molar refractivity (Wildman–Crippen MR) is 77.1 cm³/mol. The minimum atomic E-state index is -3.69. The van der Waals surface area contributed by atoms with Crippen LogP contribution in [0.2, 0.25) is 0 Å². The van der Waals surface area contributed by atoms with Crippen molar-refractivity contribution in [1.82, 2.24) is 4.31 Å². The number of hydrogen-bond acceptors (Lipinski definition) is 5. The van der Waals surface area contributed by atoms with Gasteiger partial charge in [0.15, 0.2) is 9.84 Å². The number of carbonyl (C=O) groups excluding carboxylic acids is 1. The summed E-state index contributed by atoms with van der Waals surface area (Å²) in [5.41, 5.74) is 0. The maximum Gasteiger partial charge on any atom is 0.243 e. The third-order valence-electron chi connectivity index (χ3n) is 3.50. The van der Waals surface area contributed by atoms with Crippen LogP contribution < -0.4 is 0 Å². The third kappa shape index (κ3) is 3.50. The number of aldehydes is 1. The first-order chi connectivity index (χ1) is 9.75. The Labute approximate surface area is 124 Å². The molecule has 1 atom stereocenters. The molecule has 6 nitrogen and oxygen atoms in total. The molecule has 0 saturated carbocycles. The van der Waals surface area contributed by atoms with Crippen molar-refractivity contribution in [3.63, 3.8) is 0 Å². The second-order valence-electron chi connectivity index (χ2n) is 5.15. The number of sulfonamides is 1. The molecule has 1 unspecified atom stereocenters. The highest BCUT2D eigenvalue weighted by molar-refractivity contribution is 7.90. The Morgan fingerprint density at radius 1 is 1.10 bits per heavy atom. The summed E-state index contributed by atoms with van der Waals surface area (Å²) in [7, 11) is -7.05. The number of hydrogen-bond donors (Lipinski definition) is 0. The van der Waals surface area contributed by atoms with E-state index >= 15 is 0 Å². The molecule has 8 heteroatoms. The standard InChI is InChI=1S/C13H17NO5S2/c1-20(16,17)12-4-6-13(7-5-12)21(18,19)14-8-2-3-11(9-14)10-15/h4-7,10-11H,2-3,8-9H2,1H3. The molecule has 0 radical (unpaired) electrons. The second kappa shape index (κ2) is 5.86. The van der Waals surface area contributed by atoms with Crippen LogP contribution in [0.3, 0.4) is 0 Å². The van der Waals surface area contributed by atoms with E-state index in [4.69, 9.17) is 0 Å². The average Bonchev–Trinajstić information content (AvgIpc) is 2.46. The Bertz CT molecular complexity index is 722. The van der Waals surface area contributed by atoms with E-state index in [1.54, 1.807) is 0 Å². The van der Waals surface area contributed by atoms with Gasteiger partial charge >= 0.3 is 0 Å². The van der Waals surface area contributed by atoms with Gasteiger partial charge in [-0.05, 0) is 37.1 Å². The molecule has 0 aliphatic carbocycles. The molecule has 1 fully saturated rings. The molecule has 116 valence electrons. The van der Waals surface area contributed by atoms with Gasteiger partial charge in [-0.15, -0.1) is 0 Å². The molecule has 1 saturated heterocycles. The molecule has 0 aromatic heterocycles. The highest BCUT2D eigenvalue weighted by Gasteiger charge is 2.30. The largest absolute Gasteiger partial charge is 0.303 e. The van der Waals surface area contributed by atoms with Gasteiger partial charge in [-0.1, -0.05) is 0 Å². The summed E-state index contributed by atoms with van der Waals surface area (Å²) >= 11 is 0. The summed E-state index contributed by atoms with van der Waals surface area (Å²) < 4.78 is 49.0. The van der Waals surface area contributed by atoms with Gasteiger partial charge in [0.05, 0.1) is 9.79 Å². The van der Waals surface area contributed by atoms with E-state index in [9.17, 15) is 21.6 Å². The number of rotatable bonds is 4. The average molecular weight is 331 g/mol. The molecule has 1 aliphatic rings. The van der Waals surface area contributed by atoms with Gasteiger partial charge in [-0.2, -0.15) is 4.31 Å². The van der Waals surface area contributed by atoms with Gasteiger partial charge in [0.25, 0.3) is 0 Å². The van der Waals surface area contributed by atoms with Crippen molar-refractivity contribution < 1.29 is 21.6 Å². The minimum Gasteiger partial charge on any atom is -0.303 e. The van der Waals surface area contributed by atoms with E-state index in [0.717, 1.165) is 12.5 Å². The van der Waals surface area contributed by atoms with Crippen LogP contribution in [0.5, 0.6) is 0 Å². The fourth-order valence-electron chi connectivity index (χ4n) is 2.31. The Kier molecular flexibility index (Phi) is 4.50. The minimum absolute atomic E-state index is 0.0430. The zero-order valence-electron chi connectivity index (χ0n) is 11.6.